The van der Waals surface area contributed by atoms with Crippen molar-refractivity contribution < 1.29 is 19.5 Å². The van der Waals surface area contributed by atoms with Crippen LogP contribution in [0.15, 0.2) is 0 Å². The molecule has 0 nitrogen and oxygen atoms in total. The Bertz CT molecular complexity index is 105. The van der Waals surface area contributed by atoms with Crippen molar-refractivity contribution in [2.45, 2.75) is 78.1 Å². The van der Waals surface area contributed by atoms with Gasteiger partial charge in [0.25, 0.3) is 0 Å². The molecule has 0 N–H and O–H groups in total. The van der Waals surface area contributed by atoms with E-state index in [2.05, 4.69) is 13.8 Å². The van der Waals surface area contributed by atoms with Crippen LogP contribution in [0.5, 0.6) is 0 Å². The summed E-state index contributed by atoms with van der Waals surface area (Å²) < 4.78 is 0. The van der Waals surface area contributed by atoms with E-state index in [1.165, 1.54) is 64.2 Å². The summed E-state index contributed by atoms with van der Waals surface area (Å²) in [6.45, 7) is 4.60. The molecular weight excluding hydrogens is 293 g/mol. The first-order valence-corrected chi connectivity index (χ1v) is 6.86. The van der Waals surface area contributed by atoms with Crippen LogP contribution in [0.3, 0.4) is 0 Å². The van der Waals surface area contributed by atoms with Crippen LogP contribution in [0.2, 0.25) is 0 Å². The molecule has 1 heteroatoms. The van der Waals surface area contributed by atoms with Gasteiger partial charge < -0.3 is 14.9 Å². The average molecular weight is 328 g/mol. The SMILES string of the molecule is CCC1CCCC1.CCC1CCCC1.[CH3-].[CH3-].[Ru+2]. The summed E-state index contributed by atoms with van der Waals surface area (Å²) in [7, 11) is 0. The first-order valence-electron chi connectivity index (χ1n) is 6.86. The van der Waals surface area contributed by atoms with Crippen LogP contribution in [0.1, 0.15) is 78.1 Å². The molecule has 2 aliphatic carbocycles. The van der Waals surface area contributed by atoms with Crippen molar-refractivity contribution in [1.29, 1.82) is 0 Å². The minimum absolute atomic E-state index is 0. The van der Waals surface area contributed by atoms with Crippen LogP contribution >= 0.6 is 0 Å². The van der Waals surface area contributed by atoms with E-state index in [1.54, 1.807) is 0 Å². The van der Waals surface area contributed by atoms with Gasteiger partial charge in [0.15, 0.2) is 0 Å². The second-order valence-corrected chi connectivity index (χ2v) is 5.12. The summed E-state index contributed by atoms with van der Waals surface area (Å²) in [6.07, 6.45) is 14.9. The van der Waals surface area contributed by atoms with Gasteiger partial charge in [-0.1, -0.05) is 78.1 Å². The van der Waals surface area contributed by atoms with E-state index in [9.17, 15) is 0 Å². The van der Waals surface area contributed by atoms with Crippen LogP contribution in [0, 0.1) is 26.7 Å². The van der Waals surface area contributed by atoms with Crippen molar-refractivity contribution in [2.24, 2.45) is 11.8 Å². The van der Waals surface area contributed by atoms with E-state index in [4.69, 9.17) is 0 Å². The summed E-state index contributed by atoms with van der Waals surface area (Å²) in [4.78, 5) is 0. The van der Waals surface area contributed by atoms with E-state index >= 15 is 0 Å². The normalized spacial score (nSPS) is 19.4. The summed E-state index contributed by atoms with van der Waals surface area (Å²) in [5.74, 6) is 2.19. The van der Waals surface area contributed by atoms with E-state index in [0.717, 1.165) is 11.8 Å². The Balaban J connectivity index is -0.000000196. The van der Waals surface area contributed by atoms with Crippen LogP contribution < -0.4 is 0 Å². The molecule has 2 aliphatic rings. The van der Waals surface area contributed by atoms with Crippen molar-refractivity contribution in [3.8, 4) is 0 Å². The molecule has 0 radical (unpaired) electrons. The summed E-state index contributed by atoms with van der Waals surface area (Å²) in [6, 6.07) is 0. The first kappa shape index (κ1) is 22.8. The Morgan fingerprint density at radius 3 is 1.00 bits per heavy atom. The molecule has 2 rings (SSSR count). The molecule has 0 bridgehead atoms. The molecule has 0 atom stereocenters. The molecule has 0 spiro atoms. The Hall–Kier alpha value is 0.623. The van der Waals surface area contributed by atoms with Gasteiger partial charge in [-0.15, -0.1) is 0 Å². The van der Waals surface area contributed by atoms with Crippen LogP contribution in [-0.4, -0.2) is 0 Å². The summed E-state index contributed by atoms with van der Waals surface area (Å²) in [5, 5.41) is 0. The van der Waals surface area contributed by atoms with Crippen LogP contribution in [0.25, 0.3) is 0 Å². The fraction of sp³-hybridized carbons (Fsp3) is 0.875. The largest absolute Gasteiger partial charge is 2.00 e. The van der Waals surface area contributed by atoms with Gasteiger partial charge in [-0.3, -0.25) is 0 Å². The third-order valence-corrected chi connectivity index (χ3v) is 4.10. The zero-order valence-electron chi connectivity index (χ0n) is 12.6. The molecule has 0 aromatic carbocycles. The minimum Gasteiger partial charge on any atom is -0.358 e. The molecule has 2 fully saturated rings. The fourth-order valence-corrected chi connectivity index (χ4v) is 2.84. The predicted octanol–water partition coefficient (Wildman–Crippen LogP) is 6.07. The molecule has 0 unspecified atom stereocenters. The van der Waals surface area contributed by atoms with Crippen LogP contribution in [0.4, 0.5) is 0 Å². The molecule has 0 aromatic heterocycles. The van der Waals surface area contributed by atoms with Gasteiger partial charge in [0.2, 0.25) is 0 Å². The zero-order chi connectivity index (χ0) is 10.2. The molecule has 0 saturated heterocycles. The molecular formula is C16H34Ru. The number of hydrogen-bond donors (Lipinski definition) is 0. The maximum absolute atomic E-state index is 2.30. The maximum atomic E-state index is 2.30. The maximum Gasteiger partial charge on any atom is 2.00 e. The number of rotatable bonds is 2. The predicted molar refractivity (Wildman–Crippen MR) is 77.3 cm³/mol. The van der Waals surface area contributed by atoms with Crippen molar-refractivity contribution in [1.82, 2.24) is 0 Å². The third-order valence-electron chi connectivity index (χ3n) is 4.10. The Morgan fingerprint density at radius 1 is 0.647 bits per heavy atom. The van der Waals surface area contributed by atoms with Gasteiger partial charge >= 0.3 is 19.5 Å². The van der Waals surface area contributed by atoms with Gasteiger partial charge in [-0.05, 0) is 11.8 Å². The zero-order valence-corrected chi connectivity index (χ0v) is 14.3. The quantitative estimate of drug-likeness (QED) is 0.426. The topological polar surface area (TPSA) is 0 Å². The monoisotopic (exact) mass is 328 g/mol. The third kappa shape index (κ3) is 10.2. The molecule has 0 amide bonds. The molecule has 2 saturated carbocycles. The molecule has 17 heavy (non-hydrogen) atoms. The van der Waals surface area contributed by atoms with E-state index in [1.807, 2.05) is 0 Å². The molecule has 106 valence electrons. The van der Waals surface area contributed by atoms with E-state index < -0.39 is 0 Å². The summed E-state index contributed by atoms with van der Waals surface area (Å²) >= 11 is 0. The second-order valence-electron chi connectivity index (χ2n) is 5.12. The average Bonchev–Trinajstić information content (AvgIpc) is 2.92. The van der Waals surface area contributed by atoms with E-state index in [-0.39, 0.29) is 34.3 Å². The van der Waals surface area contributed by atoms with Gasteiger partial charge in [-0.25, -0.2) is 0 Å². The van der Waals surface area contributed by atoms with Crippen molar-refractivity contribution in [3.63, 3.8) is 0 Å². The second kappa shape index (κ2) is 14.7. The molecule has 0 aromatic rings. The summed E-state index contributed by atoms with van der Waals surface area (Å²) in [5.41, 5.74) is 0. The van der Waals surface area contributed by atoms with Crippen LogP contribution in [-0.2, 0) is 19.5 Å². The Morgan fingerprint density at radius 2 is 0.882 bits per heavy atom. The number of hydrogen-bond acceptors (Lipinski definition) is 0. The van der Waals surface area contributed by atoms with E-state index in [0.29, 0.717) is 0 Å². The first-order chi connectivity index (χ1) is 6.86. The van der Waals surface area contributed by atoms with Gasteiger partial charge in [0, 0.05) is 0 Å². The smallest absolute Gasteiger partial charge is 0.358 e. The van der Waals surface area contributed by atoms with Crippen molar-refractivity contribution in [3.05, 3.63) is 14.9 Å². The Kier molecular flexibility index (Phi) is 19.7. The van der Waals surface area contributed by atoms with Gasteiger partial charge in [0.1, 0.15) is 0 Å². The van der Waals surface area contributed by atoms with Gasteiger partial charge in [0.05, 0.1) is 0 Å². The van der Waals surface area contributed by atoms with Gasteiger partial charge in [-0.2, -0.15) is 0 Å². The fourth-order valence-electron chi connectivity index (χ4n) is 2.84. The Labute approximate surface area is 124 Å². The standard InChI is InChI=1S/2C7H14.2CH3.Ru/c2*1-2-7-5-3-4-6-7;;;/h2*7H,2-6H2,1H3;2*1H3;/q;;2*-1;+2. The van der Waals surface area contributed by atoms with Crippen molar-refractivity contribution >= 4 is 0 Å². The molecule has 0 heterocycles. The minimum atomic E-state index is 0. The molecule has 0 aliphatic heterocycles. The van der Waals surface area contributed by atoms with Crippen molar-refractivity contribution in [2.75, 3.05) is 0 Å².